The van der Waals surface area contributed by atoms with Crippen LogP contribution in [0.15, 0.2) is 24.3 Å². The van der Waals surface area contributed by atoms with Crippen LogP contribution in [0.4, 0.5) is 0 Å². The Morgan fingerprint density at radius 2 is 2.00 bits per heavy atom. The lowest BCUT2D eigenvalue weighted by atomic mass is 10.1. The second kappa shape index (κ2) is 5.51. The van der Waals surface area contributed by atoms with Crippen LogP contribution in [0.2, 0.25) is 0 Å². The highest BCUT2D eigenvalue weighted by atomic mass is 31.2. The van der Waals surface area contributed by atoms with Gasteiger partial charge in [0.05, 0.1) is 14.3 Å². The zero-order valence-corrected chi connectivity index (χ0v) is 11.3. The number of methoxy groups -OCH3 is 1. The van der Waals surface area contributed by atoms with Crippen LogP contribution in [0, 0.1) is 0 Å². The summed E-state index contributed by atoms with van der Waals surface area (Å²) < 4.78 is 16.9. The molecule has 0 heterocycles. The fourth-order valence-electron chi connectivity index (χ4n) is 1.49. The molecule has 0 saturated carbocycles. The van der Waals surface area contributed by atoms with Crippen LogP contribution in [-0.2, 0) is 4.57 Å². The molecule has 1 rings (SSSR count). The molecule has 1 unspecified atom stereocenters. The number of hydrogen-bond acceptors (Lipinski definition) is 3. The summed E-state index contributed by atoms with van der Waals surface area (Å²) >= 11 is 0. The van der Waals surface area contributed by atoms with Gasteiger partial charge < -0.3 is 14.6 Å². The van der Waals surface area contributed by atoms with E-state index in [1.807, 2.05) is 31.2 Å². The number of nitrogens with one attached hydrogen (secondary N) is 1. The molecule has 1 atom stereocenters. The Balaban J connectivity index is 2.72. The van der Waals surface area contributed by atoms with E-state index in [0.29, 0.717) is 6.29 Å². The van der Waals surface area contributed by atoms with E-state index in [0.717, 1.165) is 11.3 Å². The zero-order chi connectivity index (χ0) is 12.2. The van der Waals surface area contributed by atoms with Gasteiger partial charge in [-0.15, -0.1) is 0 Å². The van der Waals surface area contributed by atoms with E-state index in [2.05, 4.69) is 5.32 Å². The molecule has 0 spiro atoms. The van der Waals surface area contributed by atoms with Gasteiger partial charge in [0.25, 0.3) is 0 Å². The second-order valence-electron chi connectivity index (χ2n) is 4.40. The van der Waals surface area contributed by atoms with E-state index in [4.69, 9.17) is 4.74 Å². The van der Waals surface area contributed by atoms with E-state index in [1.54, 1.807) is 20.4 Å². The maximum atomic E-state index is 11.6. The largest absolute Gasteiger partial charge is 0.496 e. The fourth-order valence-corrected chi connectivity index (χ4v) is 2.20. The molecular formula is C12H20NO2P. The van der Waals surface area contributed by atoms with Gasteiger partial charge in [0.2, 0.25) is 0 Å². The molecule has 1 aromatic rings. The van der Waals surface area contributed by atoms with Crippen LogP contribution >= 0.6 is 7.14 Å². The molecular weight excluding hydrogens is 221 g/mol. The molecule has 0 aliphatic carbocycles. The van der Waals surface area contributed by atoms with Crippen molar-refractivity contribution in [2.24, 2.45) is 0 Å². The average Bonchev–Trinajstić information content (AvgIpc) is 2.25. The van der Waals surface area contributed by atoms with Crippen molar-refractivity contribution >= 4 is 7.14 Å². The van der Waals surface area contributed by atoms with Gasteiger partial charge >= 0.3 is 0 Å². The number of benzene rings is 1. The molecule has 0 aromatic heterocycles. The predicted octanol–water partition coefficient (Wildman–Crippen LogP) is 2.93. The number of rotatable bonds is 5. The lowest BCUT2D eigenvalue weighted by Gasteiger charge is -2.18. The summed E-state index contributed by atoms with van der Waals surface area (Å²) in [4.78, 5) is 0. The smallest absolute Gasteiger partial charge is 0.123 e. The summed E-state index contributed by atoms with van der Waals surface area (Å²) in [5, 5.41) is 3.27. The third-order valence-corrected chi connectivity index (χ3v) is 3.33. The first kappa shape index (κ1) is 13.3. The van der Waals surface area contributed by atoms with Crippen molar-refractivity contribution in [3.05, 3.63) is 29.8 Å². The molecule has 90 valence electrons. The third-order valence-electron chi connectivity index (χ3n) is 2.38. The summed E-state index contributed by atoms with van der Waals surface area (Å²) in [5.41, 5.74) is 1.10. The molecule has 0 amide bonds. The van der Waals surface area contributed by atoms with Gasteiger partial charge in [-0.05, 0) is 26.3 Å². The molecule has 0 bridgehead atoms. The summed E-state index contributed by atoms with van der Waals surface area (Å²) in [6.07, 6.45) is 0.548. The highest BCUT2D eigenvalue weighted by Gasteiger charge is 2.13. The first-order valence-corrected chi connectivity index (χ1v) is 8.13. The van der Waals surface area contributed by atoms with E-state index in [1.165, 1.54) is 0 Å². The first-order valence-electron chi connectivity index (χ1n) is 5.34. The summed E-state index contributed by atoms with van der Waals surface area (Å²) in [5.74, 6) is 0.865. The third kappa shape index (κ3) is 3.99. The molecule has 1 aromatic carbocycles. The maximum Gasteiger partial charge on any atom is 0.123 e. The average molecular weight is 241 g/mol. The molecule has 0 aliphatic heterocycles. The summed E-state index contributed by atoms with van der Waals surface area (Å²) in [6, 6.07) is 8.02. The number of para-hydroxylation sites is 1. The van der Waals surface area contributed by atoms with Gasteiger partial charge in [-0.3, -0.25) is 0 Å². The molecule has 3 nitrogen and oxygen atoms in total. The van der Waals surface area contributed by atoms with Crippen molar-refractivity contribution < 1.29 is 9.30 Å². The number of hydrogen-bond donors (Lipinski definition) is 1. The van der Waals surface area contributed by atoms with Crippen LogP contribution in [0.3, 0.4) is 0 Å². The lowest BCUT2D eigenvalue weighted by molar-refractivity contribution is 0.403. The minimum absolute atomic E-state index is 0.143. The minimum Gasteiger partial charge on any atom is -0.496 e. The predicted molar refractivity (Wildman–Crippen MR) is 68.9 cm³/mol. The van der Waals surface area contributed by atoms with E-state index in [9.17, 15) is 4.57 Å². The van der Waals surface area contributed by atoms with Crippen LogP contribution in [0.5, 0.6) is 5.75 Å². The topological polar surface area (TPSA) is 38.3 Å². The Morgan fingerprint density at radius 1 is 1.38 bits per heavy atom. The Labute approximate surface area is 97.6 Å². The Bertz CT molecular complexity index is 386. The maximum absolute atomic E-state index is 11.6. The monoisotopic (exact) mass is 241 g/mol. The van der Waals surface area contributed by atoms with Gasteiger partial charge in [-0.1, -0.05) is 18.2 Å². The number of ether oxygens (including phenoxy) is 1. The van der Waals surface area contributed by atoms with Gasteiger partial charge in [0, 0.05) is 17.9 Å². The second-order valence-corrected chi connectivity index (χ2v) is 7.86. The lowest BCUT2D eigenvalue weighted by Crippen LogP contribution is -2.20. The van der Waals surface area contributed by atoms with Crippen LogP contribution in [0.25, 0.3) is 0 Å². The Kier molecular flexibility index (Phi) is 4.57. The van der Waals surface area contributed by atoms with Gasteiger partial charge in [-0.2, -0.15) is 0 Å². The van der Waals surface area contributed by atoms with Crippen molar-refractivity contribution in [3.63, 3.8) is 0 Å². The van der Waals surface area contributed by atoms with Crippen LogP contribution in [-0.4, -0.2) is 26.7 Å². The molecule has 1 N–H and O–H groups in total. The van der Waals surface area contributed by atoms with Crippen molar-refractivity contribution in [2.75, 3.05) is 26.7 Å². The first-order chi connectivity index (χ1) is 7.44. The highest BCUT2D eigenvalue weighted by Crippen LogP contribution is 2.35. The molecule has 0 fully saturated rings. The molecule has 0 saturated heterocycles. The molecule has 16 heavy (non-hydrogen) atoms. The van der Waals surface area contributed by atoms with Gasteiger partial charge in [0.1, 0.15) is 5.75 Å². The van der Waals surface area contributed by atoms with Gasteiger partial charge in [0.15, 0.2) is 0 Å². The van der Waals surface area contributed by atoms with E-state index >= 15 is 0 Å². The van der Waals surface area contributed by atoms with Gasteiger partial charge in [-0.25, -0.2) is 0 Å². The van der Waals surface area contributed by atoms with Crippen LogP contribution in [0.1, 0.15) is 18.5 Å². The standard InChI is InChI=1S/C12H20NO2P/c1-10(13-9-16(3,4)14)11-7-5-6-8-12(11)15-2/h5-8,10,13H,9H2,1-4H3. The zero-order valence-electron chi connectivity index (χ0n) is 10.4. The highest BCUT2D eigenvalue weighted by molar-refractivity contribution is 7.62. The molecule has 0 radical (unpaired) electrons. The minimum atomic E-state index is -2.02. The summed E-state index contributed by atoms with van der Waals surface area (Å²) in [6.45, 7) is 5.62. The van der Waals surface area contributed by atoms with Crippen molar-refractivity contribution in [1.29, 1.82) is 0 Å². The summed E-state index contributed by atoms with van der Waals surface area (Å²) in [7, 11) is -0.353. The van der Waals surface area contributed by atoms with Crippen molar-refractivity contribution in [1.82, 2.24) is 5.32 Å². The van der Waals surface area contributed by atoms with Crippen LogP contribution < -0.4 is 10.1 Å². The van der Waals surface area contributed by atoms with Crippen molar-refractivity contribution in [2.45, 2.75) is 13.0 Å². The Morgan fingerprint density at radius 3 is 2.56 bits per heavy atom. The quantitative estimate of drug-likeness (QED) is 0.805. The van der Waals surface area contributed by atoms with E-state index < -0.39 is 7.14 Å². The Hall–Kier alpha value is -0.790. The van der Waals surface area contributed by atoms with Crippen molar-refractivity contribution in [3.8, 4) is 5.75 Å². The SMILES string of the molecule is COc1ccccc1C(C)NCP(C)(C)=O. The normalized spacial score (nSPS) is 13.5. The van der Waals surface area contributed by atoms with E-state index in [-0.39, 0.29) is 6.04 Å². The molecule has 4 heteroatoms. The fraction of sp³-hybridized carbons (Fsp3) is 0.500. The molecule has 0 aliphatic rings.